The number of hydrogen-bond acceptors (Lipinski definition) is 5. The van der Waals surface area contributed by atoms with E-state index in [9.17, 15) is 22.0 Å². The zero-order valence-corrected chi connectivity index (χ0v) is 13.8. The zero-order valence-electron chi connectivity index (χ0n) is 13.0. The van der Waals surface area contributed by atoms with E-state index >= 15 is 0 Å². The molecule has 0 saturated heterocycles. The molecule has 0 aromatic carbocycles. The van der Waals surface area contributed by atoms with Crippen molar-refractivity contribution in [1.82, 2.24) is 0 Å². The molecule has 0 unspecified atom stereocenters. The molecule has 23 heavy (non-hydrogen) atoms. The van der Waals surface area contributed by atoms with Crippen LogP contribution in [0.1, 0.15) is 45.4 Å². The molecule has 0 aromatic heterocycles. The maximum atomic E-state index is 13.0. The monoisotopic (exact) mass is 356 g/mol. The second kappa shape index (κ2) is 7.67. The minimum atomic E-state index is -5.56. The number of carbonyl (C=O) groups excluding carboxylic acids is 1. The molecule has 0 aromatic rings. The first-order valence-corrected chi connectivity index (χ1v) is 8.81. The first-order valence-electron chi connectivity index (χ1n) is 7.37. The molecule has 1 rings (SSSR count). The smallest absolute Gasteiger partial charge is 0.392 e. The molecular weight excluding hydrogens is 334 g/mol. The lowest BCUT2D eigenvalue weighted by Crippen LogP contribution is -2.37. The van der Waals surface area contributed by atoms with E-state index in [1.165, 1.54) is 0 Å². The highest BCUT2D eigenvalue weighted by Gasteiger charge is 2.44. The molecule has 9 heteroatoms. The molecule has 0 radical (unpaired) electrons. The van der Waals surface area contributed by atoms with E-state index in [2.05, 4.69) is 11.3 Å². The van der Waals surface area contributed by atoms with Crippen molar-refractivity contribution in [2.45, 2.75) is 56.3 Å². The van der Waals surface area contributed by atoms with Gasteiger partial charge in [0.05, 0.1) is 12.2 Å². The van der Waals surface area contributed by atoms with Crippen molar-refractivity contribution in [1.29, 1.82) is 0 Å². The summed E-state index contributed by atoms with van der Waals surface area (Å²) in [4.78, 5) is 12.0. The second-order valence-corrected chi connectivity index (χ2v) is 7.24. The third-order valence-corrected chi connectivity index (χ3v) is 4.80. The number of rotatable bonds is 8. The lowest BCUT2D eigenvalue weighted by atomic mass is 9.82. The summed E-state index contributed by atoms with van der Waals surface area (Å²) in [6, 6.07) is 0. The molecule has 0 atom stereocenters. The van der Waals surface area contributed by atoms with E-state index in [1.807, 2.05) is 6.92 Å². The Morgan fingerprint density at radius 2 is 1.87 bits per heavy atom. The van der Waals surface area contributed by atoms with Gasteiger partial charge in [-0.25, -0.2) is 4.79 Å². The largest absolute Gasteiger partial charge is 0.456 e. The number of esters is 1. The van der Waals surface area contributed by atoms with Gasteiger partial charge in [-0.3, -0.25) is 4.55 Å². The van der Waals surface area contributed by atoms with Crippen LogP contribution in [0.15, 0.2) is 12.2 Å². The van der Waals surface area contributed by atoms with Crippen LogP contribution in [0.3, 0.4) is 0 Å². The molecule has 0 spiro atoms. The van der Waals surface area contributed by atoms with Gasteiger partial charge in [0.15, 0.2) is 0 Å². The molecule has 134 valence electrons. The summed E-state index contributed by atoms with van der Waals surface area (Å²) in [6.45, 7) is 3.14. The Labute approximate surface area is 134 Å². The number of hydrogen-bond donors (Lipinski definition) is 1. The van der Waals surface area contributed by atoms with E-state index < -0.39 is 40.2 Å². The van der Waals surface area contributed by atoms with Crippen LogP contribution in [0.4, 0.5) is 8.78 Å². The van der Waals surface area contributed by atoms with Gasteiger partial charge in [0.1, 0.15) is 12.2 Å². The van der Waals surface area contributed by atoms with Gasteiger partial charge in [0, 0.05) is 0 Å². The minimum absolute atomic E-state index is 0.186. The average Bonchev–Trinajstić information content (AvgIpc) is 2.46. The average molecular weight is 356 g/mol. The fourth-order valence-corrected chi connectivity index (χ4v) is 2.65. The predicted octanol–water partition coefficient (Wildman–Crippen LogP) is 2.70. The number of halogens is 2. The van der Waals surface area contributed by atoms with Gasteiger partial charge in [-0.1, -0.05) is 19.9 Å². The van der Waals surface area contributed by atoms with E-state index in [0.717, 1.165) is 32.1 Å². The van der Waals surface area contributed by atoms with Crippen molar-refractivity contribution < 1.29 is 36.0 Å². The fourth-order valence-electron chi connectivity index (χ4n) is 2.42. The third kappa shape index (κ3) is 5.50. The third-order valence-electron chi connectivity index (χ3n) is 3.93. The van der Waals surface area contributed by atoms with Crippen molar-refractivity contribution in [3.05, 3.63) is 12.2 Å². The topological polar surface area (TPSA) is 89.9 Å². The number of alkyl halides is 2. The van der Waals surface area contributed by atoms with Crippen LogP contribution in [-0.2, 0) is 24.4 Å². The van der Waals surface area contributed by atoms with E-state index in [0.29, 0.717) is 6.42 Å². The summed E-state index contributed by atoms with van der Waals surface area (Å²) >= 11 is 0. The van der Waals surface area contributed by atoms with Gasteiger partial charge < -0.3 is 9.47 Å². The highest BCUT2D eigenvalue weighted by Crippen LogP contribution is 2.35. The van der Waals surface area contributed by atoms with Crippen LogP contribution in [0.2, 0.25) is 0 Å². The predicted molar refractivity (Wildman–Crippen MR) is 78.7 cm³/mol. The van der Waals surface area contributed by atoms with Crippen LogP contribution in [-0.4, -0.2) is 43.0 Å². The van der Waals surface area contributed by atoms with Crippen molar-refractivity contribution in [3.8, 4) is 0 Å². The van der Waals surface area contributed by atoms with Crippen LogP contribution in [0.25, 0.3) is 0 Å². The lowest BCUT2D eigenvalue weighted by Gasteiger charge is -2.36. The summed E-state index contributed by atoms with van der Waals surface area (Å²) in [7, 11) is -5.56. The Morgan fingerprint density at radius 1 is 1.30 bits per heavy atom. The number of carbonyl (C=O) groups is 1. The summed E-state index contributed by atoms with van der Waals surface area (Å²) < 4.78 is 65.0. The van der Waals surface area contributed by atoms with Crippen molar-refractivity contribution >= 4 is 16.1 Å². The Hall–Kier alpha value is -1.06. The molecule has 1 saturated carbocycles. The van der Waals surface area contributed by atoms with Crippen molar-refractivity contribution in [2.75, 3.05) is 13.2 Å². The molecule has 0 aliphatic heterocycles. The Balaban J connectivity index is 2.50. The highest BCUT2D eigenvalue weighted by molar-refractivity contribution is 7.86. The highest BCUT2D eigenvalue weighted by atomic mass is 32.2. The molecular formula is C14H22F2O6S. The summed E-state index contributed by atoms with van der Waals surface area (Å²) in [5.41, 5.74) is -0.744. The van der Waals surface area contributed by atoms with Gasteiger partial charge in [0.2, 0.25) is 0 Å². The molecule has 0 amide bonds. The van der Waals surface area contributed by atoms with Gasteiger partial charge in [-0.15, -0.1) is 0 Å². The molecule has 0 heterocycles. The Bertz CT molecular complexity index is 537. The Morgan fingerprint density at radius 3 is 2.35 bits per heavy atom. The van der Waals surface area contributed by atoms with E-state index in [1.54, 1.807) is 0 Å². The van der Waals surface area contributed by atoms with Gasteiger partial charge in [-0.2, -0.15) is 17.2 Å². The van der Waals surface area contributed by atoms with Crippen LogP contribution >= 0.6 is 0 Å². The number of ether oxygens (including phenoxy) is 2. The second-order valence-electron chi connectivity index (χ2n) is 5.70. The molecule has 0 bridgehead atoms. The van der Waals surface area contributed by atoms with E-state index in [-0.39, 0.29) is 5.57 Å². The first kappa shape index (κ1) is 20.0. The standard InChI is InChI=1S/C14H22F2O6S/c1-3-13(7-5-4-6-8-13)22-12(17)11(2)9-21-10-14(15,16)23(18,19)20/h2-10H2,1H3,(H,18,19,20). The first-order chi connectivity index (χ1) is 10.5. The molecule has 1 N–H and O–H groups in total. The van der Waals surface area contributed by atoms with Crippen LogP contribution in [0, 0.1) is 0 Å². The zero-order chi connectivity index (χ0) is 17.7. The SMILES string of the molecule is C=C(COCC(F)(F)S(=O)(=O)O)C(=O)OC1(CC)CCCCC1. The van der Waals surface area contributed by atoms with Crippen molar-refractivity contribution in [2.24, 2.45) is 0 Å². The molecule has 1 aliphatic rings. The summed E-state index contributed by atoms with van der Waals surface area (Å²) in [5.74, 6) is -0.746. The van der Waals surface area contributed by atoms with Crippen molar-refractivity contribution in [3.63, 3.8) is 0 Å². The minimum Gasteiger partial charge on any atom is -0.456 e. The molecule has 1 aliphatic carbocycles. The van der Waals surface area contributed by atoms with Crippen LogP contribution < -0.4 is 0 Å². The quantitative estimate of drug-likeness (QED) is 0.409. The molecule has 1 fully saturated rings. The fraction of sp³-hybridized carbons (Fsp3) is 0.786. The van der Waals surface area contributed by atoms with Crippen LogP contribution in [0.5, 0.6) is 0 Å². The van der Waals surface area contributed by atoms with E-state index in [4.69, 9.17) is 9.29 Å². The maximum absolute atomic E-state index is 13.0. The van der Waals surface area contributed by atoms with Gasteiger partial charge in [0.25, 0.3) is 0 Å². The maximum Gasteiger partial charge on any atom is 0.392 e. The Kier molecular flexibility index (Phi) is 6.67. The molecule has 6 nitrogen and oxygen atoms in total. The van der Waals surface area contributed by atoms with Gasteiger partial charge >= 0.3 is 21.3 Å². The normalized spacial score (nSPS) is 18.4. The van der Waals surface area contributed by atoms with Gasteiger partial charge in [-0.05, 0) is 32.1 Å². The lowest BCUT2D eigenvalue weighted by molar-refractivity contribution is -0.159. The summed E-state index contributed by atoms with van der Waals surface area (Å²) in [6.07, 6.45) is 5.10. The summed E-state index contributed by atoms with van der Waals surface area (Å²) in [5, 5.41) is -4.44.